The van der Waals surface area contributed by atoms with Gasteiger partial charge in [-0.1, -0.05) is 13.9 Å². The van der Waals surface area contributed by atoms with Crippen molar-refractivity contribution in [3.05, 3.63) is 36.3 Å². The summed E-state index contributed by atoms with van der Waals surface area (Å²) in [4.78, 5) is 8.83. The first-order valence-corrected chi connectivity index (χ1v) is 1.84. The number of aliphatic hydroxyl groups excluding tert-OH is 1. The van der Waals surface area contributed by atoms with Crippen molar-refractivity contribution in [1.29, 1.82) is 0 Å². The van der Waals surface area contributed by atoms with E-state index in [-0.39, 0.29) is 184 Å². The van der Waals surface area contributed by atoms with E-state index in [1.54, 1.807) is 6.92 Å². The molecule has 0 spiro atoms. The van der Waals surface area contributed by atoms with Crippen LogP contribution < -0.4 is 154 Å². The van der Waals surface area contributed by atoms with Gasteiger partial charge in [0.25, 0.3) is 0 Å². The molecular formula is C9H24K3O3-3. The quantitative estimate of drug-likeness (QED) is 0.387. The summed E-state index contributed by atoms with van der Waals surface area (Å²) < 4.78 is 3.74. The summed E-state index contributed by atoms with van der Waals surface area (Å²) in [6.45, 7) is 6.18. The number of aliphatic hydroxyl groups is 1. The van der Waals surface area contributed by atoms with Gasteiger partial charge in [0.15, 0.2) is 0 Å². The van der Waals surface area contributed by atoms with E-state index in [2.05, 4.69) is 18.8 Å². The van der Waals surface area contributed by atoms with E-state index in [9.17, 15) is 0 Å². The van der Waals surface area contributed by atoms with Crippen molar-refractivity contribution in [3.63, 3.8) is 0 Å². The first kappa shape index (κ1) is 74.6. The van der Waals surface area contributed by atoms with E-state index >= 15 is 0 Å². The molecule has 0 aliphatic rings. The molecule has 0 aliphatic heterocycles. The Morgan fingerprint density at radius 3 is 1.07 bits per heavy atom. The Hall–Kier alpha value is 4.34. The van der Waals surface area contributed by atoms with Crippen LogP contribution in [0.15, 0.2) is 0 Å². The molecule has 0 saturated heterocycles. The molecule has 0 aromatic heterocycles. The van der Waals surface area contributed by atoms with Gasteiger partial charge < -0.3 is 43.8 Å². The van der Waals surface area contributed by atoms with Crippen molar-refractivity contribution in [2.24, 2.45) is 0 Å². The minimum Gasteiger partial charge on any atom is -0.655 e. The van der Waals surface area contributed by atoms with Crippen LogP contribution in [0.1, 0.15) is 14.4 Å². The molecular weight excluding hydrogens is 273 g/mol. The van der Waals surface area contributed by atoms with Gasteiger partial charge in [0.1, 0.15) is 0 Å². The van der Waals surface area contributed by atoms with E-state index in [0.717, 1.165) is 0 Å². The third-order valence-corrected chi connectivity index (χ3v) is 0.0833. The summed E-state index contributed by atoms with van der Waals surface area (Å²) >= 11 is 0. The number of rotatable bonds is 1. The number of carbonyl (C=O) groups excluding carboxylic acids is 1. The molecule has 3 nitrogen and oxygen atoms in total. The van der Waals surface area contributed by atoms with Crippen molar-refractivity contribution in [2.45, 2.75) is 14.4 Å². The van der Waals surface area contributed by atoms with Gasteiger partial charge in [-0.2, -0.15) is 6.92 Å². The van der Waals surface area contributed by atoms with Crippen LogP contribution in [-0.2, 0) is 9.53 Å². The monoisotopic (exact) mass is 297 g/mol. The summed E-state index contributed by atoms with van der Waals surface area (Å²) in [5.41, 5.74) is 0. The molecule has 0 amide bonds. The molecule has 1 N–H and O–H groups in total. The fraction of sp³-hybridized carbons (Fsp3) is 0.333. The maximum Gasteiger partial charge on any atom is 1.00 e. The van der Waals surface area contributed by atoms with Crippen LogP contribution in [0.5, 0.6) is 0 Å². The molecule has 6 heteroatoms. The fourth-order valence-electron chi connectivity index (χ4n) is 0. The van der Waals surface area contributed by atoms with E-state index in [1.165, 1.54) is 13.6 Å². The molecule has 0 aromatic rings. The number of hydrogen-bond acceptors (Lipinski definition) is 3. The third kappa shape index (κ3) is 172. The van der Waals surface area contributed by atoms with Crippen LogP contribution in [0.4, 0.5) is 0 Å². The molecule has 0 fully saturated rings. The average Bonchev–Trinajstić information content (AvgIpc) is 1.96. The zero-order valence-electron chi connectivity index (χ0n) is 11.2. The molecule has 0 saturated carbocycles. The average molecular weight is 298 g/mol. The van der Waals surface area contributed by atoms with Crippen LogP contribution in [0.2, 0.25) is 0 Å². The van der Waals surface area contributed by atoms with Crippen molar-refractivity contribution in [2.75, 3.05) is 7.11 Å². The molecule has 0 rings (SSSR count). The Morgan fingerprint density at radius 2 is 1.07 bits per heavy atom. The van der Waals surface area contributed by atoms with Crippen molar-refractivity contribution in [3.8, 4) is 0 Å². The largest absolute Gasteiger partial charge is 1.00 e. The van der Waals surface area contributed by atoms with Gasteiger partial charge in [-0.15, -0.1) is 0 Å². The van der Waals surface area contributed by atoms with Crippen molar-refractivity contribution < 1.29 is 169 Å². The second kappa shape index (κ2) is 137. The third-order valence-electron chi connectivity index (χ3n) is 0.0833. The summed E-state index contributed by atoms with van der Waals surface area (Å²) in [6.07, 6.45) is 0. The molecule has 0 bridgehead atoms. The Balaban J connectivity index is -0.00000000267. The van der Waals surface area contributed by atoms with E-state index in [1.807, 2.05) is 0 Å². The van der Waals surface area contributed by atoms with Gasteiger partial charge in [-0.3, -0.25) is 0 Å². The molecule has 0 unspecified atom stereocenters. The zero-order valence-corrected chi connectivity index (χ0v) is 20.5. The van der Waals surface area contributed by atoms with Crippen LogP contribution in [-0.4, -0.2) is 18.7 Å². The summed E-state index contributed by atoms with van der Waals surface area (Å²) in [7, 11) is 3.51. The normalized spacial score (nSPS) is 2.20. The first-order valence-electron chi connectivity index (χ1n) is 1.84. The van der Waals surface area contributed by atoms with Crippen LogP contribution in [0.3, 0.4) is 0 Å². The molecule has 0 radical (unpaired) electrons. The van der Waals surface area contributed by atoms with Gasteiger partial charge in [-0.05, 0) is 0 Å². The molecule has 0 atom stereocenters. The second-order valence-electron chi connectivity index (χ2n) is 0.287. The Labute approximate surface area is 227 Å². The van der Waals surface area contributed by atoms with Gasteiger partial charge in [-0.25, -0.2) is 7.11 Å². The molecule has 15 heavy (non-hydrogen) atoms. The smallest absolute Gasteiger partial charge is 0.655 e. The van der Waals surface area contributed by atoms with Gasteiger partial charge in [0.2, 0.25) is 0 Å². The molecule has 0 aromatic carbocycles. The SMILES string of the molecule is C.CO[C-]=O.[CH2-]C.[CH2-]O.[CH3-].[CH3-].[CH3-].[K+].[K+].[K+]. The van der Waals surface area contributed by atoms with E-state index < -0.39 is 0 Å². The number of hydrogen-bond donors (Lipinski definition) is 1. The molecule has 0 heterocycles. The maximum atomic E-state index is 8.83. The standard InChI is InChI=1S/C2H3O2.C2H5.CH3O.CH4.3CH3.3K/c1-4-2-3;2*1-2;;;;;;;/h1H3;1H2,2H3;2H,1H2;1H4;3*1H3;;;/q3*-1;;3*-1;3*+1. The summed E-state index contributed by atoms with van der Waals surface area (Å²) in [6, 6.07) is 0. The number of methoxy groups -OCH3 is 1. The van der Waals surface area contributed by atoms with Crippen LogP contribution in [0.25, 0.3) is 0 Å². The predicted octanol–water partition coefficient (Wildman–Crippen LogP) is -6.31. The Kier molecular flexibility index (Phi) is 682. The zero-order chi connectivity index (χ0) is 7.41. The van der Waals surface area contributed by atoms with Gasteiger partial charge >= 0.3 is 154 Å². The second-order valence-corrected chi connectivity index (χ2v) is 0.287. The van der Waals surface area contributed by atoms with E-state index in [4.69, 9.17) is 9.90 Å². The first-order chi connectivity index (χ1) is 3.91. The van der Waals surface area contributed by atoms with Gasteiger partial charge in [0.05, 0.1) is 0 Å². The Morgan fingerprint density at radius 1 is 1.00 bits per heavy atom. The number of ether oxygens (including phenoxy) is 1. The van der Waals surface area contributed by atoms with E-state index in [0.29, 0.717) is 0 Å². The summed E-state index contributed by atoms with van der Waals surface area (Å²) in [5.74, 6) is 0. The molecule has 0 aliphatic carbocycles. The maximum absolute atomic E-state index is 8.83. The van der Waals surface area contributed by atoms with Crippen molar-refractivity contribution in [1.82, 2.24) is 0 Å². The molecule has 84 valence electrons. The summed E-state index contributed by atoms with van der Waals surface area (Å²) in [5, 5.41) is 6.75. The van der Waals surface area contributed by atoms with Crippen LogP contribution in [0, 0.1) is 36.3 Å². The van der Waals surface area contributed by atoms with Gasteiger partial charge in [0, 0.05) is 7.11 Å². The minimum absolute atomic E-state index is 0. The topological polar surface area (TPSA) is 46.5 Å². The Bertz CT molecular complexity index is 34.6. The van der Waals surface area contributed by atoms with Crippen molar-refractivity contribution >= 4 is 6.47 Å². The minimum atomic E-state index is 0. The van der Waals surface area contributed by atoms with Crippen LogP contribution >= 0.6 is 0 Å². The fourth-order valence-corrected chi connectivity index (χ4v) is 0. The predicted molar refractivity (Wildman–Crippen MR) is 57.0 cm³/mol.